The van der Waals surface area contributed by atoms with Crippen molar-refractivity contribution in [1.29, 1.82) is 0 Å². The number of hydrogen-bond acceptors (Lipinski definition) is 4. The fourth-order valence-electron chi connectivity index (χ4n) is 2.57. The summed E-state index contributed by atoms with van der Waals surface area (Å²) >= 11 is 0. The molecule has 22 heavy (non-hydrogen) atoms. The van der Waals surface area contributed by atoms with E-state index < -0.39 is 4.92 Å². The minimum atomic E-state index is -0.465. The first kappa shape index (κ1) is 16.0. The maximum absolute atomic E-state index is 12.4. The fraction of sp³-hybridized carbons (Fsp3) is 0.438. The summed E-state index contributed by atoms with van der Waals surface area (Å²) in [6.07, 6.45) is 4.76. The van der Waals surface area contributed by atoms with Crippen molar-refractivity contribution in [2.75, 3.05) is 20.2 Å². The number of piperidine rings is 1. The lowest BCUT2D eigenvalue weighted by molar-refractivity contribution is -0.385. The molecule has 6 heteroatoms. The molecule has 0 radical (unpaired) electrons. The van der Waals surface area contributed by atoms with Gasteiger partial charge in [-0.15, -0.1) is 0 Å². The van der Waals surface area contributed by atoms with E-state index in [9.17, 15) is 14.9 Å². The number of hydrogen-bond donors (Lipinski definition) is 0. The van der Waals surface area contributed by atoms with E-state index in [0.717, 1.165) is 32.4 Å². The Morgan fingerprint density at radius 3 is 2.59 bits per heavy atom. The molecule has 1 amide bonds. The van der Waals surface area contributed by atoms with Gasteiger partial charge in [0.25, 0.3) is 5.69 Å². The highest BCUT2D eigenvalue weighted by atomic mass is 16.6. The molecule has 118 valence electrons. The molecule has 0 spiro atoms. The Morgan fingerprint density at radius 1 is 1.32 bits per heavy atom. The third-order valence-corrected chi connectivity index (χ3v) is 3.79. The first-order valence-electron chi connectivity index (χ1n) is 7.33. The quantitative estimate of drug-likeness (QED) is 0.487. The zero-order valence-corrected chi connectivity index (χ0v) is 12.9. The predicted molar refractivity (Wildman–Crippen MR) is 83.7 cm³/mol. The normalized spacial score (nSPS) is 15.5. The average Bonchev–Trinajstić information content (AvgIpc) is 2.55. The summed E-state index contributed by atoms with van der Waals surface area (Å²) in [7, 11) is 1.46. The topological polar surface area (TPSA) is 72.7 Å². The van der Waals surface area contributed by atoms with Gasteiger partial charge in [0.1, 0.15) is 5.75 Å². The molecule has 0 aliphatic carbocycles. The van der Waals surface area contributed by atoms with E-state index in [4.69, 9.17) is 4.74 Å². The van der Waals surface area contributed by atoms with Crippen molar-refractivity contribution in [2.45, 2.75) is 26.2 Å². The minimum absolute atomic E-state index is 0.0511. The SMILES string of the molecule is COc1ccc(C=C(C)C(=O)N2CCCCC2)c([N+](=O)[O-])c1. The van der Waals surface area contributed by atoms with Crippen molar-refractivity contribution in [3.8, 4) is 5.75 Å². The van der Waals surface area contributed by atoms with Crippen LogP contribution in [0.25, 0.3) is 6.08 Å². The largest absolute Gasteiger partial charge is 0.497 e. The number of ether oxygens (including phenoxy) is 1. The van der Waals surface area contributed by atoms with E-state index in [2.05, 4.69) is 0 Å². The standard InChI is InChI=1S/C16H20N2O4/c1-12(16(19)17-8-4-3-5-9-17)10-13-6-7-14(22-2)11-15(13)18(20)21/h6-7,10-11H,3-5,8-9H2,1-2H3. The number of nitrogens with zero attached hydrogens (tertiary/aromatic N) is 2. The lowest BCUT2D eigenvalue weighted by Gasteiger charge is -2.27. The van der Waals surface area contributed by atoms with Crippen LogP contribution in [0.5, 0.6) is 5.75 Å². The van der Waals surface area contributed by atoms with Crippen molar-refractivity contribution in [3.63, 3.8) is 0 Å². The predicted octanol–water partition coefficient (Wildman–Crippen LogP) is 3.02. The molecular weight excluding hydrogens is 284 g/mol. The average molecular weight is 304 g/mol. The molecule has 1 aliphatic rings. The first-order valence-corrected chi connectivity index (χ1v) is 7.33. The number of benzene rings is 1. The van der Waals surface area contributed by atoms with Gasteiger partial charge in [-0.1, -0.05) is 0 Å². The van der Waals surface area contributed by atoms with Crippen LogP contribution < -0.4 is 4.74 Å². The zero-order valence-electron chi connectivity index (χ0n) is 12.9. The van der Waals surface area contributed by atoms with E-state index >= 15 is 0 Å². The molecule has 0 bridgehead atoms. The molecule has 0 N–H and O–H groups in total. The van der Waals surface area contributed by atoms with Crippen LogP contribution in [0.15, 0.2) is 23.8 Å². The maximum atomic E-state index is 12.4. The number of carbonyl (C=O) groups excluding carboxylic acids is 1. The van der Waals surface area contributed by atoms with Gasteiger partial charge < -0.3 is 9.64 Å². The Bertz CT molecular complexity index is 604. The summed E-state index contributed by atoms with van der Waals surface area (Å²) in [5.41, 5.74) is 0.856. The second kappa shape index (κ2) is 7.06. The monoisotopic (exact) mass is 304 g/mol. The van der Waals surface area contributed by atoms with Crippen LogP contribution in [0.4, 0.5) is 5.69 Å². The molecule has 6 nitrogen and oxygen atoms in total. The minimum Gasteiger partial charge on any atom is -0.497 e. The van der Waals surface area contributed by atoms with Crippen LogP contribution in [0, 0.1) is 10.1 Å². The van der Waals surface area contributed by atoms with E-state index in [1.807, 2.05) is 4.90 Å². The van der Waals surface area contributed by atoms with Gasteiger partial charge in [-0.25, -0.2) is 0 Å². The zero-order chi connectivity index (χ0) is 16.1. The van der Waals surface area contributed by atoms with Crippen LogP contribution in [0.1, 0.15) is 31.7 Å². The number of rotatable bonds is 4. The Morgan fingerprint density at radius 2 is 2.00 bits per heavy atom. The fourth-order valence-corrected chi connectivity index (χ4v) is 2.57. The van der Waals surface area contributed by atoms with Crippen molar-refractivity contribution in [1.82, 2.24) is 4.90 Å². The van der Waals surface area contributed by atoms with Crippen LogP contribution in [-0.4, -0.2) is 35.9 Å². The van der Waals surface area contributed by atoms with Crippen LogP contribution in [0.2, 0.25) is 0 Å². The van der Waals surface area contributed by atoms with Gasteiger partial charge >= 0.3 is 0 Å². The Labute approximate surface area is 129 Å². The number of nitro groups is 1. The van der Waals surface area contributed by atoms with Crippen LogP contribution in [-0.2, 0) is 4.79 Å². The van der Waals surface area contributed by atoms with Crippen molar-refractivity contribution in [3.05, 3.63) is 39.4 Å². The molecule has 1 heterocycles. The Hall–Kier alpha value is -2.37. The molecule has 1 saturated heterocycles. The Kier molecular flexibility index (Phi) is 5.14. The number of carbonyl (C=O) groups is 1. The molecule has 2 rings (SSSR count). The van der Waals surface area contributed by atoms with E-state index in [1.165, 1.54) is 13.2 Å². The molecule has 1 aromatic rings. The highest BCUT2D eigenvalue weighted by molar-refractivity contribution is 5.97. The molecular formula is C16H20N2O4. The van der Waals surface area contributed by atoms with Gasteiger partial charge in [0.05, 0.1) is 23.7 Å². The van der Waals surface area contributed by atoms with Crippen LogP contribution >= 0.6 is 0 Å². The van der Waals surface area contributed by atoms with Gasteiger partial charge in [0.2, 0.25) is 5.91 Å². The summed E-state index contributed by atoms with van der Waals surface area (Å²) < 4.78 is 5.01. The van der Waals surface area contributed by atoms with Crippen LogP contribution in [0.3, 0.4) is 0 Å². The van der Waals surface area contributed by atoms with Crippen molar-refractivity contribution < 1.29 is 14.5 Å². The third kappa shape index (κ3) is 3.63. The van der Waals surface area contributed by atoms with Gasteiger partial charge in [-0.2, -0.15) is 0 Å². The van der Waals surface area contributed by atoms with Crippen molar-refractivity contribution in [2.24, 2.45) is 0 Å². The molecule has 0 saturated carbocycles. The number of nitro benzene ring substituents is 1. The lowest BCUT2D eigenvalue weighted by atomic mass is 10.1. The smallest absolute Gasteiger partial charge is 0.280 e. The Balaban J connectivity index is 2.27. The second-order valence-corrected chi connectivity index (χ2v) is 5.36. The number of likely N-dealkylation sites (tertiary alicyclic amines) is 1. The second-order valence-electron chi connectivity index (χ2n) is 5.36. The summed E-state index contributed by atoms with van der Waals surface area (Å²) in [4.78, 5) is 24.9. The van der Waals surface area contributed by atoms with Gasteiger partial charge in [-0.05, 0) is 44.4 Å². The third-order valence-electron chi connectivity index (χ3n) is 3.79. The summed E-state index contributed by atoms with van der Waals surface area (Å²) in [6.45, 7) is 3.22. The molecule has 1 fully saturated rings. The summed E-state index contributed by atoms with van der Waals surface area (Å²) in [5.74, 6) is 0.369. The molecule has 1 aromatic carbocycles. The maximum Gasteiger partial charge on any atom is 0.280 e. The van der Waals surface area contributed by atoms with E-state index in [-0.39, 0.29) is 11.6 Å². The molecule has 0 atom stereocenters. The molecule has 0 unspecified atom stereocenters. The first-order chi connectivity index (χ1) is 10.5. The number of amides is 1. The lowest BCUT2D eigenvalue weighted by Crippen LogP contribution is -2.36. The van der Waals surface area contributed by atoms with Crippen molar-refractivity contribution >= 4 is 17.7 Å². The highest BCUT2D eigenvalue weighted by Gasteiger charge is 2.19. The number of methoxy groups -OCH3 is 1. The summed E-state index contributed by atoms with van der Waals surface area (Å²) in [6, 6.07) is 4.62. The summed E-state index contributed by atoms with van der Waals surface area (Å²) in [5, 5.41) is 11.2. The van der Waals surface area contributed by atoms with Gasteiger partial charge in [0, 0.05) is 18.7 Å². The van der Waals surface area contributed by atoms with Gasteiger partial charge in [0.15, 0.2) is 0 Å². The van der Waals surface area contributed by atoms with Gasteiger partial charge in [-0.3, -0.25) is 14.9 Å². The molecule has 1 aliphatic heterocycles. The highest BCUT2D eigenvalue weighted by Crippen LogP contribution is 2.27. The molecule has 0 aromatic heterocycles. The van der Waals surface area contributed by atoms with E-state index in [0.29, 0.717) is 16.9 Å². The van der Waals surface area contributed by atoms with E-state index in [1.54, 1.807) is 25.1 Å².